The first-order chi connectivity index (χ1) is 10.6. The summed E-state index contributed by atoms with van der Waals surface area (Å²) in [5.74, 6) is 0.491. The van der Waals surface area contributed by atoms with Crippen LogP contribution in [0.1, 0.15) is 34.3 Å². The van der Waals surface area contributed by atoms with Crippen LogP contribution in [-0.4, -0.2) is 28.4 Å². The van der Waals surface area contributed by atoms with E-state index in [-0.39, 0.29) is 11.8 Å². The number of carboxylic acid groups (broad SMARTS) is 1. The molecule has 1 heterocycles. The normalized spacial score (nSPS) is 28.7. The van der Waals surface area contributed by atoms with Crippen molar-refractivity contribution < 1.29 is 14.7 Å². The van der Waals surface area contributed by atoms with Crippen LogP contribution in [0.2, 0.25) is 0 Å². The van der Waals surface area contributed by atoms with Gasteiger partial charge in [-0.05, 0) is 54.4 Å². The molecule has 3 atom stereocenters. The van der Waals surface area contributed by atoms with Crippen LogP contribution in [-0.2, 0) is 17.8 Å². The Bertz CT molecular complexity index is 679. The third-order valence-corrected chi connectivity index (χ3v) is 5.37. The van der Waals surface area contributed by atoms with Crippen molar-refractivity contribution in [3.05, 3.63) is 47.0 Å². The first-order valence-corrected chi connectivity index (χ1v) is 7.94. The Morgan fingerprint density at radius 2 is 2.00 bits per heavy atom. The fourth-order valence-electron chi connectivity index (χ4n) is 4.18. The Hall–Kier alpha value is -2.10. The minimum absolute atomic E-state index is 0.138. The first-order valence-electron chi connectivity index (χ1n) is 7.94. The van der Waals surface area contributed by atoms with Gasteiger partial charge >= 0.3 is 5.97 Å². The molecule has 0 radical (unpaired) electrons. The Balaban J connectivity index is 1.54. The van der Waals surface area contributed by atoms with E-state index in [4.69, 9.17) is 5.11 Å². The van der Waals surface area contributed by atoms with Gasteiger partial charge < -0.3 is 10.0 Å². The molecule has 0 spiro atoms. The second-order valence-electron chi connectivity index (χ2n) is 6.69. The summed E-state index contributed by atoms with van der Waals surface area (Å²) in [6, 6.07) is 5.26. The van der Waals surface area contributed by atoms with Crippen molar-refractivity contribution in [3.63, 3.8) is 0 Å². The summed E-state index contributed by atoms with van der Waals surface area (Å²) >= 11 is 0. The highest BCUT2D eigenvalue weighted by molar-refractivity contribution is 5.88. The van der Waals surface area contributed by atoms with Gasteiger partial charge in [-0.1, -0.05) is 18.2 Å². The molecule has 2 aliphatic carbocycles. The summed E-state index contributed by atoms with van der Waals surface area (Å²) in [5, 5.41) is 9.12. The number of carbonyl (C=O) groups is 2. The van der Waals surface area contributed by atoms with Gasteiger partial charge in [-0.2, -0.15) is 0 Å². The van der Waals surface area contributed by atoms with Gasteiger partial charge in [-0.15, -0.1) is 0 Å². The number of aromatic carboxylic acids is 1. The minimum atomic E-state index is -0.913. The van der Waals surface area contributed by atoms with E-state index in [9.17, 15) is 9.59 Å². The van der Waals surface area contributed by atoms with E-state index >= 15 is 0 Å². The molecule has 2 bridgehead atoms. The van der Waals surface area contributed by atoms with E-state index in [1.54, 1.807) is 12.1 Å². The van der Waals surface area contributed by atoms with Gasteiger partial charge in [0.25, 0.3) is 0 Å². The highest BCUT2D eigenvalue weighted by Gasteiger charge is 2.41. The molecule has 4 rings (SSSR count). The molecule has 1 aliphatic heterocycles. The molecule has 4 nitrogen and oxygen atoms in total. The predicted molar refractivity (Wildman–Crippen MR) is 81.4 cm³/mol. The number of hydrogen-bond acceptors (Lipinski definition) is 2. The minimum Gasteiger partial charge on any atom is -0.478 e. The second-order valence-corrected chi connectivity index (χ2v) is 6.69. The van der Waals surface area contributed by atoms with Gasteiger partial charge in [0.1, 0.15) is 0 Å². The van der Waals surface area contributed by atoms with Crippen LogP contribution in [0.25, 0.3) is 0 Å². The summed E-state index contributed by atoms with van der Waals surface area (Å²) in [7, 11) is 0. The van der Waals surface area contributed by atoms with Crippen LogP contribution >= 0.6 is 0 Å². The van der Waals surface area contributed by atoms with Gasteiger partial charge in [-0.25, -0.2) is 4.79 Å². The van der Waals surface area contributed by atoms with Crippen LogP contribution in [0.5, 0.6) is 0 Å². The maximum atomic E-state index is 12.8. The van der Waals surface area contributed by atoms with Crippen LogP contribution in [0, 0.1) is 17.8 Å². The number of nitrogens with zero attached hydrogens (tertiary/aromatic N) is 1. The van der Waals surface area contributed by atoms with E-state index < -0.39 is 5.97 Å². The molecular formula is C18H19NO3. The number of allylic oxidation sites excluding steroid dienone is 2. The van der Waals surface area contributed by atoms with E-state index in [0.29, 0.717) is 23.9 Å². The van der Waals surface area contributed by atoms with Crippen LogP contribution in [0.4, 0.5) is 0 Å². The van der Waals surface area contributed by atoms with Crippen molar-refractivity contribution >= 4 is 11.9 Å². The molecule has 114 valence electrons. The molecule has 1 aromatic rings. The average Bonchev–Trinajstić information content (AvgIpc) is 3.16. The number of hydrogen-bond donors (Lipinski definition) is 1. The van der Waals surface area contributed by atoms with E-state index in [2.05, 4.69) is 12.2 Å². The van der Waals surface area contributed by atoms with Crippen molar-refractivity contribution in [3.8, 4) is 0 Å². The van der Waals surface area contributed by atoms with Gasteiger partial charge in [0.2, 0.25) is 5.91 Å². The maximum Gasteiger partial charge on any atom is 0.335 e. The zero-order valence-electron chi connectivity index (χ0n) is 12.4. The predicted octanol–water partition coefficient (Wildman–Crippen LogP) is 2.48. The van der Waals surface area contributed by atoms with E-state index in [1.807, 2.05) is 11.0 Å². The number of fused-ring (bicyclic) bond motifs is 3. The molecule has 0 saturated heterocycles. The number of rotatable bonds is 2. The zero-order chi connectivity index (χ0) is 15.3. The molecule has 1 N–H and O–H groups in total. The Morgan fingerprint density at radius 1 is 1.14 bits per heavy atom. The highest BCUT2D eigenvalue weighted by Crippen LogP contribution is 2.44. The zero-order valence-corrected chi connectivity index (χ0v) is 12.4. The summed E-state index contributed by atoms with van der Waals surface area (Å²) in [4.78, 5) is 25.8. The summed E-state index contributed by atoms with van der Waals surface area (Å²) in [6.45, 7) is 1.29. The topological polar surface area (TPSA) is 57.6 Å². The molecule has 4 heteroatoms. The third kappa shape index (κ3) is 2.14. The van der Waals surface area contributed by atoms with E-state index in [1.165, 1.54) is 5.56 Å². The van der Waals surface area contributed by atoms with Crippen molar-refractivity contribution in [2.24, 2.45) is 17.8 Å². The quantitative estimate of drug-likeness (QED) is 0.853. The molecule has 3 aliphatic rings. The Kier molecular flexibility index (Phi) is 3.06. The van der Waals surface area contributed by atoms with Crippen molar-refractivity contribution in [1.82, 2.24) is 4.90 Å². The van der Waals surface area contributed by atoms with Crippen molar-refractivity contribution in [2.75, 3.05) is 6.54 Å². The van der Waals surface area contributed by atoms with Gasteiger partial charge in [-0.3, -0.25) is 4.79 Å². The Morgan fingerprint density at radius 3 is 2.68 bits per heavy atom. The average molecular weight is 297 g/mol. The smallest absolute Gasteiger partial charge is 0.335 e. The maximum absolute atomic E-state index is 12.8. The van der Waals surface area contributed by atoms with Crippen molar-refractivity contribution in [1.29, 1.82) is 0 Å². The molecular weight excluding hydrogens is 278 g/mol. The first kappa shape index (κ1) is 13.6. The summed E-state index contributed by atoms with van der Waals surface area (Å²) in [5.41, 5.74) is 2.45. The fourth-order valence-corrected chi connectivity index (χ4v) is 4.18. The number of carboxylic acids is 1. The van der Waals surface area contributed by atoms with Gasteiger partial charge in [0, 0.05) is 19.0 Å². The SMILES string of the molecule is O=C(O)c1ccc2c(c1)CN(C(=O)C1CC3C=CC1C3)CC2. The fraction of sp³-hybridized carbons (Fsp3) is 0.444. The third-order valence-electron chi connectivity index (χ3n) is 5.37. The van der Waals surface area contributed by atoms with Gasteiger partial charge in [0.05, 0.1) is 5.56 Å². The molecule has 1 fully saturated rings. The highest BCUT2D eigenvalue weighted by atomic mass is 16.4. The number of amides is 1. The Labute approximate surface area is 129 Å². The monoisotopic (exact) mass is 297 g/mol. The summed E-state index contributed by atoms with van der Waals surface area (Å²) in [6.07, 6.45) is 7.39. The van der Waals surface area contributed by atoms with E-state index in [0.717, 1.165) is 31.4 Å². The van der Waals surface area contributed by atoms with Crippen LogP contribution in [0.15, 0.2) is 30.4 Å². The molecule has 22 heavy (non-hydrogen) atoms. The molecule has 1 aromatic carbocycles. The number of benzene rings is 1. The lowest BCUT2D eigenvalue weighted by atomic mass is 9.90. The second kappa shape index (κ2) is 4.97. The standard InChI is InChI=1S/C18H19NO3/c20-17(16-8-11-1-2-13(16)7-11)19-6-5-12-3-4-14(18(21)22)9-15(12)10-19/h1-4,9,11,13,16H,5-8,10H2,(H,21,22). The molecule has 1 saturated carbocycles. The number of carbonyl (C=O) groups excluding carboxylic acids is 1. The van der Waals surface area contributed by atoms with Gasteiger partial charge in [0.15, 0.2) is 0 Å². The lowest BCUT2D eigenvalue weighted by molar-refractivity contribution is -0.137. The van der Waals surface area contributed by atoms with Crippen molar-refractivity contribution in [2.45, 2.75) is 25.8 Å². The summed E-state index contributed by atoms with van der Waals surface area (Å²) < 4.78 is 0. The lowest BCUT2D eigenvalue weighted by Crippen LogP contribution is -2.41. The van der Waals surface area contributed by atoms with Crippen LogP contribution < -0.4 is 0 Å². The molecule has 3 unspecified atom stereocenters. The molecule has 0 aromatic heterocycles. The largest absolute Gasteiger partial charge is 0.478 e. The lowest BCUT2D eigenvalue weighted by Gasteiger charge is -2.32. The molecule has 1 amide bonds. The van der Waals surface area contributed by atoms with Crippen LogP contribution in [0.3, 0.4) is 0 Å².